The van der Waals surface area contributed by atoms with Gasteiger partial charge >= 0.3 is 0 Å². The summed E-state index contributed by atoms with van der Waals surface area (Å²) in [5, 5.41) is 2.12. The quantitative estimate of drug-likeness (QED) is 0.820. The number of halogens is 1. The van der Waals surface area contributed by atoms with E-state index in [-0.39, 0.29) is 27.9 Å². The summed E-state index contributed by atoms with van der Waals surface area (Å²) in [5.41, 5.74) is 5.67. The summed E-state index contributed by atoms with van der Waals surface area (Å²) in [6, 6.07) is 0.0908. The summed E-state index contributed by atoms with van der Waals surface area (Å²) < 4.78 is 24.1. The van der Waals surface area contributed by atoms with Crippen LogP contribution in [0.1, 0.15) is 27.7 Å². The van der Waals surface area contributed by atoms with Crippen LogP contribution in [-0.4, -0.2) is 29.7 Å². The molecule has 0 fully saturated rings. The zero-order chi connectivity index (χ0) is 14.1. The van der Waals surface area contributed by atoms with Crippen LogP contribution in [0.2, 0.25) is 5.15 Å². The van der Waals surface area contributed by atoms with Gasteiger partial charge in [0.15, 0.2) is 15.0 Å². The summed E-state index contributed by atoms with van der Waals surface area (Å²) in [5.74, 6) is 0.0852. The van der Waals surface area contributed by atoms with Crippen LogP contribution in [0.15, 0.2) is 4.90 Å². The molecule has 0 saturated heterocycles. The van der Waals surface area contributed by atoms with E-state index in [1.54, 1.807) is 13.8 Å². The molecule has 1 heterocycles. The fraction of sp³-hybridized carbons (Fsp3) is 0.600. The van der Waals surface area contributed by atoms with Crippen molar-refractivity contribution in [1.82, 2.24) is 9.97 Å². The Morgan fingerprint density at radius 1 is 1.22 bits per heavy atom. The van der Waals surface area contributed by atoms with Gasteiger partial charge in [-0.15, -0.1) is 0 Å². The minimum absolute atomic E-state index is 0.0908. The molecule has 0 spiro atoms. The van der Waals surface area contributed by atoms with E-state index in [1.165, 1.54) is 0 Å². The maximum absolute atomic E-state index is 12.0. The van der Waals surface area contributed by atoms with Gasteiger partial charge in [-0.3, -0.25) is 0 Å². The molecule has 3 N–H and O–H groups in total. The third kappa shape index (κ3) is 3.02. The van der Waals surface area contributed by atoms with Gasteiger partial charge in [0.2, 0.25) is 5.95 Å². The van der Waals surface area contributed by atoms with E-state index < -0.39 is 15.1 Å². The minimum Gasteiger partial charge on any atom is -0.382 e. The predicted molar refractivity (Wildman–Crippen MR) is 72.5 cm³/mol. The number of nitrogen functional groups attached to an aromatic ring is 1. The van der Waals surface area contributed by atoms with E-state index in [0.717, 1.165) is 0 Å². The normalized spacial score (nSPS) is 12.2. The molecule has 1 rings (SSSR count). The van der Waals surface area contributed by atoms with E-state index >= 15 is 0 Å². The summed E-state index contributed by atoms with van der Waals surface area (Å²) in [7, 11) is -3.59. The van der Waals surface area contributed by atoms with Crippen LogP contribution < -0.4 is 11.1 Å². The lowest BCUT2D eigenvalue weighted by atomic mass is 10.4. The molecule has 0 saturated carbocycles. The third-order valence-electron chi connectivity index (χ3n) is 2.17. The molecular weight excluding hydrogens is 276 g/mol. The van der Waals surface area contributed by atoms with Crippen molar-refractivity contribution in [3.63, 3.8) is 0 Å². The van der Waals surface area contributed by atoms with Crippen molar-refractivity contribution in [2.45, 2.75) is 43.9 Å². The van der Waals surface area contributed by atoms with Crippen LogP contribution in [0.5, 0.6) is 0 Å². The van der Waals surface area contributed by atoms with Crippen molar-refractivity contribution >= 4 is 33.2 Å². The first-order valence-corrected chi connectivity index (χ1v) is 7.42. The lowest BCUT2D eigenvalue weighted by Gasteiger charge is -2.14. The lowest BCUT2D eigenvalue weighted by Crippen LogP contribution is -2.19. The topological polar surface area (TPSA) is 98.0 Å². The van der Waals surface area contributed by atoms with Crippen LogP contribution in [-0.2, 0) is 9.84 Å². The second-order valence-electron chi connectivity index (χ2n) is 4.45. The molecule has 8 heteroatoms. The molecule has 0 aliphatic carbocycles. The van der Waals surface area contributed by atoms with Crippen molar-refractivity contribution in [3.8, 4) is 0 Å². The Balaban J connectivity index is 3.34. The smallest absolute Gasteiger partial charge is 0.226 e. The number of rotatable bonds is 4. The van der Waals surface area contributed by atoms with Gasteiger partial charge in [-0.2, -0.15) is 9.97 Å². The van der Waals surface area contributed by atoms with Gasteiger partial charge in [-0.1, -0.05) is 11.6 Å². The van der Waals surface area contributed by atoms with Crippen LogP contribution in [0, 0.1) is 0 Å². The number of anilines is 2. The Morgan fingerprint density at radius 3 is 2.17 bits per heavy atom. The van der Waals surface area contributed by atoms with Gasteiger partial charge in [0.25, 0.3) is 0 Å². The largest absolute Gasteiger partial charge is 0.382 e. The van der Waals surface area contributed by atoms with Gasteiger partial charge in [0.1, 0.15) is 10.7 Å². The molecule has 0 aliphatic rings. The molecule has 0 atom stereocenters. The Bertz CT molecular complexity index is 520. The van der Waals surface area contributed by atoms with Crippen molar-refractivity contribution in [2.75, 3.05) is 11.1 Å². The molecule has 102 valence electrons. The lowest BCUT2D eigenvalue weighted by molar-refractivity contribution is 0.587. The predicted octanol–water partition coefficient (Wildman–Crippen LogP) is 1.71. The molecule has 0 bridgehead atoms. The Kier molecular flexibility index (Phi) is 4.39. The second-order valence-corrected chi connectivity index (χ2v) is 7.24. The van der Waals surface area contributed by atoms with Crippen molar-refractivity contribution in [2.24, 2.45) is 0 Å². The summed E-state index contributed by atoms with van der Waals surface area (Å²) in [6.07, 6.45) is 0. The fourth-order valence-electron chi connectivity index (χ4n) is 1.26. The zero-order valence-corrected chi connectivity index (χ0v) is 12.3. The maximum Gasteiger partial charge on any atom is 0.226 e. The Labute approximate surface area is 112 Å². The highest BCUT2D eigenvalue weighted by Crippen LogP contribution is 2.28. The Hall–Kier alpha value is -1.08. The number of hydrogen-bond donors (Lipinski definition) is 2. The summed E-state index contributed by atoms with van der Waals surface area (Å²) in [6.45, 7) is 6.88. The van der Waals surface area contributed by atoms with E-state index in [9.17, 15) is 8.42 Å². The molecule has 0 radical (unpaired) electrons. The second kappa shape index (κ2) is 5.27. The number of nitrogens with two attached hydrogens (primary N) is 1. The van der Waals surface area contributed by atoms with Crippen LogP contribution >= 0.6 is 11.6 Å². The average Bonchev–Trinajstić information content (AvgIpc) is 2.13. The SMILES string of the molecule is CC(C)Nc1nc(N)c(S(=O)(=O)C(C)C)c(Cl)n1. The van der Waals surface area contributed by atoms with Crippen LogP contribution in [0.25, 0.3) is 0 Å². The number of hydrogen-bond acceptors (Lipinski definition) is 6. The number of nitrogens with zero attached hydrogens (tertiary/aromatic N) is 2. The minimum atomic E-state index is -3.59. The monoisotopic (exact) mass is 292 g/mol. The molecular formula is C10H17ClN4O2S. The molecule has 0 aliphatic heterocycles. The molecule has 0 unspecified atom stereocenters. The van der Waals surface area contributed by atoms with E-state index in [4.69, 9.17) is 17.3 Å². The number of nitrogens with one attached hydrogen (secondary N) is 1. The van der Waals surface area contributed by atoms with E-state index in [2.05, 4.69) is 15.3 Å². The van der Waals surface area contributed by atoms with Crippen molar-refractivity contribution in [3.05, 3.63) is 5.15 Å². The summed E-state index contributed by atoms with van der Waals surface area (Å²) >= 11 is 5.90. The highest BCUT2D eigenvalue weighted by Gasteiger charge is 2.27. The molecule has 1 aromatic rings. The highest BCUT2D eigenvalue weighted by molar-refractivity contribution is 7.92. The van der Waals surface area contributed by atoms with Gasteiger partial charge in [-0.05, 0) is 27.7 Å². The number of aromatic nitrogens is 2. The van der Waals surface area contributed by atoms with Gasteiger partial charge in [0, 0.05) is 6.04 Å². The zero-order valence-electron chi connectivity index (χ0n) is 10.7. The first-order valence-electron chi connectivity index (χ1n) is 5.49. The van der Waals surface area contributed by atoms with E-state index in [1.807, 2.05) is 13.8 Å². The number of sulfone groups is 1. The average molecular weight is 293 g/mol. The van der Waals surface area contributed by atoms with Crippen LogP contribution in [0.4, 0.5) is 11.8 Å². The first-order chi connectivity index (χ1) is 8.16. The summed E-state index contributed by atoms with van der Waals surface area (Å²) in [4.78, 5) is 7.62. The molecule has 1 aromatic heterocycles. The standard InChI is InChI=1S/C10H17ClN4O2S/c1-5(2)13-10-14-8(11)7(9(12)15-10)18(16,17)6(3)4/h5-6H,1-4H3,(H3,12,13,14,15). The Morgan fingerprint density at radius 2 is 1.78 bits per heavy atom. The van der Waals surface area contributed by atoms with Crippen molar-refractivity contribution in [1.29, 1.82) is 0 Å². The fourth-order valence-corrected chi connectivity index (χ4v) is 2.85. The third-order valence-corrected chi connectivity index (χ3v) is 4.77. The molecule has 18 heavy (non-hydrogen) atoms. The molecule has 6 nitrogen and oxygen atoms in total. The van der Waals surface area contributed by atoms with Crippen molar-refractivity contribution < 1.29 is 8.42 Å². The van der Waals surface area contributed by atoms with Gasteiger partial charge < -0.3 is 11.1 Å². The highest BCUT2D eigenvalue weighted by atomic mass is 35.5. The first kappa shape index (κ1) is 15.0. The van der Waals surface area contributed by atoms with Crippen LogP contribution in [0.3, 0.4) is 0 Å². The molecule has 0 aromatic carbocycles. The van der Waals surface area contributed by atoms with E-state index in [0.29, 0.717) is 0 Å². The van der Waals surface area contributed by atoms with Gasteiger partial charge in [-0.25, -0.2) is 8.42 Å². The molecule has 0 amide bonds. The van der Waals surface area contributed by atoms with Gasteiger partial charge in [0.05, 0.1) is 5.25 Å². The maximum atomic E-state index is 12.0.